The number of thiophene rings is 1. The molecule has 0 aliphatic heterocycles. The molecule has 1 saturated carbocycles. The van der Waals surface area contributed by atoms with Crippen LogP contribution in [0.25, 0.3) is 10.2 Å². The zero-order chi connectivity index (χ0) is 13.4. The van der Waals surface area contributed by atoms with Crippen molar-refractivity contribution >= 4 is 27.4 Å². The van der Waals surface area contributed by atoms with Gasteiger partial charge in [0.25, 0.3) is 0 Å². The van der Waals surface area contributed by atoms with Gasteiger partial charge in [-0.15, -0.1) is 11.3 Å². The molecular formula is C14H16N4S. The maximum absolute atomic E-state index is 8.83. The van der Waals surface area contributed by atoms with Gasteiger partial charge in [-0.25, -0.2) is 9.97 Å². The summed E-state index contributed by atoms with van der Waals surface area (Å²) in [5.41, 5.74) is 1.28. The summed E-state index contributed by atoms with van der Waals surface area (Å²) in [5.74, 6) is 1.02. The summed E-state index contributed by atoms with van der Waals surface area (Å²) >= 11 is 1.72. The van der Waals surface area contributed by atoms with Crippen molar-refractivity contribution in [3.05, 3.63) is 16.8 Å². The van der Waals surface area contributed by atoms with Crippen molar-refractivity contribution in [3.63, 3.8) is 0 Å². The lowest BCUT2D eigenvalue weighted by molar-refractivity contribution is 0.780. The molecule has 0 amide bonds. The number of fused-ring (bicyclic) bond motifs is 1. The van der Waals surface area contributed by atoms with E-state index in [2.05, 4.69) is 34.8 Å². The Kier molecular flexibility index (Phi) is 3.11. The average molecular weight is 272 g/mol. The molecule has 0 unspecified atom stereocenters. The average Bonchev–Trinajstić information content (AvgIpc) is 3.19. The molecule has 0 aromatic carbocycles. The lowest BCUT2D eigenvalue weighted by atomic mass is 10.2. The summed E-state index contributed by atoms with van der Waals surface area (Å²) in [6, 6.07) is 2.80. The molecule has 1 aliphatic carbocycles. The molecule has 1 aliphatic rings. The van der Waals surface area contributed by atoms with Crippen LogP contribution < -0.4 is 4.90 Å². The topological polar surface area (TPSA) is 52.8 Å². The monoisotopic (exact) mass is 272 g/mol. The van der Waals surface area contributed by atoms with Gasteiger partial charge in [-0.2, -0.15) is 5.26 Å². The Labute approximate surface area is 116 Å². The molecule has 0 radical (unpaired) electrons. The molecule has 0 atom stereocenters. The van der Waals surface area contributed by atoms with E-state index in [1.54, 1.807) is 17.7 Å². The van der Waals surface area contributed by atoms with E-state index in [4.69, 9.17) is 5.26 Å². The zero-order valence-electron chi connectivity index (χ0n) is 11.2. The summed E-state index contributed by atoms with van der Waals surface area (Å²) in [6.45, 7) is 5.03. The van der Waals surface area contributed by atoms with Gasteiger partial charge < -0.3 is 4.90 Å². The second kappa shape index (κ2) is 4.78. The first kappa shape index (κ1) is 12.4. The zero-order valence-corrected chi connectivity index (χ0v) is 12.0. The molecule has 19 heavy (non-hydrogen) atoms. The Hall–Kier alpha value is -1.67. The van der Waals surface area contributed by atoms with E-state index >= 15 is 0 Å². The van der Waals surface area contributed by atoms with Crippen LogP contribution in [-0.4, -0.2) is 22.6 Å². The van der Waals surface area contributed by atoms with E-state index < -0.39 is 0 Å². The molecule has 98 valence electrons. The largest absolute Gasteiger partial charge is 0.352 e. The fourth-order valence-corrected chi connectivity index (χ4v) is 3.39. The summed E-state index contributed by atoms with van der Waals surface area (Å²) in [4.78, 5) is 13.5. The van der Waals surface area contributed by atoms with E-state index in [9.17, 15) is 0 Å². The Morgan fingerprint density at radius 1 is 1.42 bits per heavy atom. The van der Waals surface area contributed by atoms with E-state index in [0.29, 0.717) is 12.5 Å². The minimum Gasteiger partial charge on any atom is -0.352 e. The Morgan fingerprint density at radius 3 is 2.89 bits per heavy atom. The normalized spacial score (nSPS) is 14.6. The van der Waals surface area contributed by atoms with Crippen LogP contribution in [0.15, 0.2) is 6.33 Å². The van der Waals surface area contributed by atoms with Crippen LogP contribution in [0.5, 0.6) is 0 Å². The number of aryl methyl sites for hydroxylation is 2. The standard InChI is InChI=1S/C14H16N4S/c1-9-10(2)19-14-12(9)13(16-8-17-14)18(7-3-6-15)11-4-5-11/h8,11H,3-5,7H2,1-2H3. The number of aromatic nitrogens is 2. The smallest absolute Gasteiger partial charge is 0.141 e. The fraction of sp³-hybridized carbons (Fsp3) is 0.500. The number of nitrogens with zero attached hydrogens (tertiary/aromatic N) is 4. The molecule has 2 heterocycles. The minimum absolute atomic E-state index is 0.546. The van der Waals surface area contributed by atoms with Crippen LogP contribution in [0, 0.1) is 25.2 Å². The summed E-state index contributed by atoms with van der Waals surface area (Å²) in [7, 11) is 0. The van der Waals surface area contributed by atoms with Crippen molar-refractivity contribution in [2.45, 2.75) is 39.2 Å². The number of hydrogen-bond donors (Lipinski definition) is 0. The Balaban J connectivity index is 2.09. The quantitative estimate of drug-likeness (QED) is 0.857. The van der Waals surface area contributed by atoms with Gasteiger partial charge in [0.15, 0.2) is 0 Å². The lowest BCUT2D eigenvalue weighted by Gasteiger charge is -2.23. The van der Waals surface area contributed by atoms with Gasteiger partial charge in [0.05, 0.1) is 17.9 Å². The summed E-state index contributed by atoms with van der Waals surface area (Å²) < 4.78 is 0. The van der Waals surface area contributed by atoms with Gasteiger partial charge >= 0.3 is 0 Å². The van der Waals surface area contributed by atoms with Crippen molar-refractivity contribution in [2.75, 3.05) is 11.4 Å². The first-order valence-electron chi connectivity index (χ1n) is 6.56. The summed E-state index contributed by atoms with van der Waals surface area (Å²) in [5, 5.41) is 10.0. The molecular weight excluding hydrogens is 256 g/mol. The lowest BCUT2D eigenvalue weighted by Crippen LogP contribution is -2.27. The Morgan fingerprint density at radius 2 is 2.21 bits per heavy atom. The van der Waals surface area contributed by atoms with Crippen molar-refractivity contribution in [3.8, 4) is 6.07 Å². The molecule has 0 saturated heterocycles. The second-order valence-corrected chi connectivity index (χ2v) is 6.20. The van der Waals surface area contributed by atoms with Crippen molar-refractivity contribution in [2.24, 2.45) is 0 Å². The first-order chi connectivity index (χ1) is 9.22. The predicted octanol–water partition coefficient (Wildman–Crippen LogP) is 3.19. The van der Waals surface area contributed by atoms with Crippen LogP contribution in [-0.2, 0) is 0 Å². The van der Waals surface area contributed by atoms with E-state index in [1.807, 2.05) is 0 Å². The van der Waals surface area contributed by atoms with Crippen LogP contribution in [0.2, 0.25) is 0 Å². The third-order valence-electron chi connectivity index (χ3n) is 3.67. The van der Waals surface area contributed by atoms with Gasteiger partial charge in [0.2, 0.25) is 0 Å². The van der Waals surface area contributed by atoms with Gasteiger partial charge in [-0.05, 0) is 32.3 Å². The highest BCUT2D eigenvalue weighted by Gasteiger charge is 2.31. The maximum atomic E-state index is 8.83. The predicted molar refractivity (Wildman–Crippen MR) is 77.5 cm³/mol. The van der Waals surface area contributed by atoms with Gasteiger partial charge in [-0.3, -0.25) is 0 Å². The van der Waals surface area contributed by atoms with E-state index in [1.165, 1.54) is 28.7 Å². The van der Waals surface area contributed by atoms with Gasteiger partial charge in [0.1, 0.15) is 17.0 Å². The van der Waals surface area contributed by atoms with Crippen LogP contribution in [0.4, 0.5) is 5.82 Å². The van der Waals surface area contributed by atoms with Crippen molar-refractivity contribution < 1.29 is 0 Å². The second-order valence-electron chi connectivity index (χ2n) is 4.99. The van der Waals surface area contributed by atoms with E-state index in [0.717, 1.165) is 17.2 Å². The number of rotatable bonds is 4. The molecule has 3 rings (SSSR count). The molecule has 0 spiro atoms. The first-order valence-corrected chi connectivity index (χ1v) is 7.38. The highest BCUT2D eigenvalue weighted by molar-refractivity contribution is 7.18. The highest BCUT2D eigenvalue weighted by atomic mass is 32.1. The number of anilines is 1. The van der Waals surface area contributed by atoms with Crippen LogP contribution >= 0.6 is 11.3 Å². The SMILES string of the molecule is Cc1sc2ncnc(N(CCC#N)C3CC3)c2c1C. The van der Waals surface area contributed by atoms with E-state index in [-0.39, 0.29) is 0 Å². The third kappa shape index (κ3) is 2.17. The molecule has 2 aromatic heterocycles. The molecule has 5 heteroatoms. The van der Waals surface area contributed by atoms with Gasteiger partial charge in [0, 0.05) is 17.5 Å². The van der Waals surface area contributed by atoms with Crippen LogP contribution in [0.1, 0.15) is 29.7 Å². The third-order valence-corrected chi connectivity index (χ3v) is 4.78. The molecule has 1 fully saturated rings. The fourth-order valence-electron chi connectivity index (χ4n) is 2.40. The van der Waals surface area contributed by atoms with Crippen molar-refractivity contribution in [1.82, 2.24) is 9.97 Å². The number of hydrogen-bond acceptors (Lipinski definition) is 5. The number of nitriles is 1. The maximum Gasteiger partial charge on any atom is 0.141 e. The van der Waals surface area contributed by atoms with Crippen LogP contribution in [0.3, 0.4) is 0 Å². The van der Waals surface area contributed by atoms with Gasteiger partial charge in [-0.1, -0.05) is 0 Å². The van der Waals surface area contributed by atoms with Crippen molar-refractivity contribution in [1.29, 1.82) is 5.26 Å². The molecule has 2 aromatic rings. The molecule has 0 N–H and O–H groups in total. The highest BCUT2D eigenvalue weighted by Crippen LogP contribution is 2.38. The summed E-state index contributed by atoms with van der Waals surface area (Å²) in [6.07, 6.45) is 4.61. The Bertz CT molecular complexity index is 651. The molecule has 4 nitrogen and oxygen atoms in total. The minimum atomic E-state index is 0.546. The molecule has 0 bridgehead atoms.